The Kier molecular flexibility index (Phi) is 7.42. The van der Waals surface area contributed by atoms with E-state index in [2.05, 4.69) is 138 Å². The van der Waals surface area contributed by atoms with Gasteiger partial charge in [-0.15, -0.1) is 0 Å². The van der Waals surface area contributed by atoms with E-state index < -0.39 is 0 Å². The van der Waals surface area contributed by atoms with Gasteiger partial charge in [0, 0.05) is 39.0 Å². The fraction of sp³-hybridized carbons (Fsp3) is 0. The maximum Gasteiger partial charge on any atom is 0.167 e. The second-order valence-electron chi connectivity index (χ2n) is 14.1. The minimum Gasteiger partial charge on any atom is -0.455 e. The molecule has 262 valence electrons. The molecule has 0 bridgehead atoms. The maximum absolute atomic E-state index is 6.88. The second kappa shape index (κ2) is 13.0. The predicted molar refractivity (Wildman–Crippen MR) is 231 cm³/mol. The van der Waals surface area contributed by atoms with Crippen molar-refractivity contribution in [3.8, 4) is 34.2 Å². The summed E-state index contributed by atoms with van der Waals surface area (Å²) in [7, 11) is 0. The van der Waals surface area contributed by atoms with Crippen molar-refractivity contribution in [2.45, 2.75) is 0 Å². The van der Waals surface area contributed by atoms with E-state index in [4.69, 9.17) is 19.4 Å². The zero-order valence-electron chi connectivity index (χ0n) is 30.2. The Balaban J connectivity index is 1.16. The Bertz CT molecular complexity index is 3130. The fourth-order valence-corrected chi connectivity index (χ4v) is 7.93. The van der Waals surface area contributed by atoms with Gasteiger partial charge in [-0.1, -0.05) is 146 Å². The molecular weight excluding hydrogens is 685 g/mol. The molecule has 0 aliphatic carbocycles. The van der Waals surface area contributed by atoms with Crippen molar-refractivity contribution < 1.29 is 4.42 Å². The van der Waals surface area contributed by atoms with Gasteiger partial charge in [-0.3, -0.25) is 0 Å². The molecule has 0 amide bonds. The van der Waals surface area contributed by atoms with Crippen molar-refractivity contribution in [3.05, 3.63) is 194 Å². The Morgan fingerprint density at radius 3 is 1.45 bits per heavy atom. The molecule has 2 aromatic heterocycles. The van der Waals surface area contributed by atoms with Gasteiger partial charge in [-0.05, 0) is 80.8 Å². The molecule has 0 aliphatic rings. The first-order valence-corrected chi connectivity index (χ1v) is 18.8. The highest BCUT2D eigenvalue weighted by atomic mass is 16.3. The lowest BCUT2D eigenvalue weighted by atomic mass is 9.99. The fourth-order valence-electron chi connectivity index (χ4n) is 7.93. The van der Waals surface area contributed by atoms with Crippen LogP contribution in [0, 0.1) is 0 Å². The number of rotatable bonds is 6. The van der Waals surface area contributed by atoms with Crippen LogP contribution in [0.2, 0.25) is 0 Å². The number of furan rings is 1. The van der Waals surface area contributed by atoms with Crippen LogP contribution in [0.3, 0.4) is 0 Å². The molecule has 56 heavy (non-hydrogen) atoms. The second-order valence-corrected chi connectivity index (χ2v) is 14.1. The zero-order chi connectivity index (χ0) is 37.0. The van der Waals surface area contributed by atoms with Crippen molar-refractivity contribution in [2.75, 3.05) is 4.90 Å². The van der Waals surface area contributed by atoms with E-state index in [-0.39, 0.29) is 0 Å². The van der Waals surface area contributed by atoms with E-state index in [0.717, 1.165) is 66.5 Å². The summed E-state index contributed by atoms with van der Waals surface area (Å²) in [6.07, 6.45) is 0. The molecule has 0 atom stereocenters. The van der Waals surface area contributed by atoms with Gasteiger partial charge >= 0.3 is 0 Å². The van der Waals surface area contributed by atoms with Gasteiger partial charge in [-0.2, -0.15) is 0 Å². The molecule has 0 aliphatic heterocycles. The molecule has 9 aromatic carbocycles. The van der Waals surface area contributed by atoms with Crippen LogP contribution in [0.1, 0.15) is 0 Å². The third kappa shape index (κ3) is 5.45. The molecule has 0 saturated carbocycles. The summed E-state index contributed by atoms with van der Waals surface area (Å²) in [6.45, 7) is 0. The lowest BCUT2D eigenvalue weighted by Gasteiger charge is -2.26. The van der Waals surface area contributed by atoms with Crippen molar-refractivity contribution in [3.63, 3.8) is 0 Å². The van der Waals surface area contributed by atoms with Gasteiger partial charge in [-0.25, -0.2) is 15.0 Å². The average Bonchev–Trinajstić information content (AvgIpc) is 3.66. The standard InChI is InChI=1S/C51H32N4O/c1-3-15-35(16-4-1)49-52-50(36-17-5-2-6-18-36)54-51(53-49)45-31-39-21-11-12-22-43(39)47-44-32-42(27-28-46(44)56-48(45)47)55(40-25-23-33-13-7-9-19-37(33)29-40)41-26-24-34-14-8-10-20-38(34)30-41/h1-32H. The van der Waals surface area contributed by atoms with Crippen molar-refractivity contribution >= 4 is 71.3 Å². The van der Waals surface area contributed by atoms with Gasteiger partial charge in [0.05, 0.1) is 5.56 Å². The van der Waals surface area contributed by atoms with Gasteiger partial charge in [0.25, 0.3) is 0 Å². The van der Waals surface area contributed by atoms with E-state index in [1.807, 2.05) is 60.7 Å². The summed E-state index contributed by atoms with van der Waals surface area (Å²) in [5, 5.41) is 8.99. The Morgan fingerprint density at radius 2 is 0.839 bits per heavy atom. The topological polar surface area (TPSA) is 55.1 Å². The molecule has 5 heteroatoms. The average molecular weight is 717 g/mol. The number of fused-ring (bicyclic) bond motifs is 7. The largest absolute Gasteiger partial charge is 0.455 e. The molecule has 5 nitrogen and oxygen atoms in total. The maximum atomic E-state index is 6.88. The summed E-state index contributed by atoms with van der Waals surface area (Å²) < 4.78 is 6.88. The van der Waals surface area contributed by atoms with E-state index in [9.17, 15) is 0 Å². The predicted octanol–water partition coefficient (Wildman–Crippen LogP) is 13.7. The third-order valence-electron chi connectivity index (χ3n) is 10.6. The summed E-state index contributed by atoms with van der Waals surface area (Å²) in [5.74, 6) is 1.77. The highest BCUT2D eigenvalue weighted by Gasteiger charge is 2.22. The summed E-state index contributed by atoms with van der Waals surface area (Å²) >= 11 is 0. The van der Waals surface area contributed by atoms with Crippen LogP contribution in [0.15, 0.2) is 199 Å². The van der Waals surface area contributed by atoms with Crippen LogP contribution in [0.25, 0.3) is 88.4 Å². The van der Waals surface area contributed by atoms with Gasteiger partial charge in [0.1, 0.15) is 11.2 Å². The summed E-state index contributed by atoms with van der Waals surface area (Å²) in [6, 6.07) is 67.7. The Labute approximate surface area is 322 Å². The van der Waals surface area contributed by atoms with Gasteiger partial charge < -0.3 is 9.32 Å². The Morgan fingerprint density at radius 1 is 0.357 bits per heavy atom. The number of nitrogens with zero attached hydrogens (tertiary/aromatic N) is 4. The first kappa shape index (κ1) is 31.9. The monoisotopic (exact) mass is 716 g/mol. The van der Waals surface area contributed by atoms with Crippen LogP contribution in [-0.2, 0) is 0 Å². The normalized spacial score (nSPS) is 11.6. The van der Waals surface area contributed by atoms with E-state index >= 15 is 0 Å². The van der Waals surface area contributed by atoms with Crippen molar-refractivity contribution in [1.29, 1.82) is 0 Å². The summed E-state index contributed by atoms with van der Waals surface area (Å²) in [5.41, 5.74) is 7.35. The first-order valence-electron chi connectivity index (χ1n) is 18.8. The summed E-state index contributed by atoms with van der Waals surface area (Å²) in [4.78, 5) is 17.5. The van der Waals surface area contributed by atoms with Crippen LogP contribution in [0.4, 0.5) is 17.1 Å². The van der Waals surface area contributed by atoms with Gasteiger partial charge in [0.15, 0.2) is 17.5 Å². The minimum absolute atomic E-state index is 0.557. The van der Waals surface area contributed by atoms with Crippen molar-refractivity contribution in [1.82, 2.24) is 15.0 Å². The van der Waals surface area contributed by atoms with E-state index in [1.165, 1.54) is 21.5 Å². The van der Waals surface area contributed by atoms with Crippen LogP contribution in [0.5, 0.6) is 0 Å². The van der Waals surface area contributed by atoms with Gasteiger partial charge in [0.2, 0.25) is 0 Å². The lowest BCUT2D eigenvalue weighted by molar-refractivity contribution is 0.670. The number of hydrogen-bond acceptors (Lipinski definition) is 5. The Hall–Kier alpha value is -7.63. The van der Waals surface area contributed by atoms with E-state index in [1.54, 1.807) is 0 Å². The molecule has 0 radical (unpaired) electrons. The molecule has 0 spiro atoms. The first-order chi connectivity index (χ1) is 27.7. The quantitative estimate of drug-likeness (QED) is 0.171. The minimum atomic E-state index is 0.557. The molecule has 2 heterocycles. The zero-order valence-corrected chi connectivity index (χ0v) is 30.2. The lowest BCUT2D eigenvalue weighted by Crippen LogP contribution is -2.09. The van der Waals surface area contributed by atoms with Crippen LogP contribution < -0.4 is 4.90 Å². The number of benzene rings is 9. The van der Waals surface area contributed by atoms with Crippen LogP contribution >= 0.6 is 0 Å². The van der Waals surface area contributed by atoms with Crippen molar-refractivity contribution in [2.24, 2.45) is 0 Å². The smallest absolute Gasteiger partial charge is 0.167 e. The highest BCUT2D eigenvalue weighted by Crippen LogP contribution is 2.44. The SMILES string of the molecule is c1ccc(-c2nc(-c3ccccc3)nc(-c3cc4ccccc4c4c3oc3ccc(N(c5ccc6ccccc6c5)c5ccc6ccccc6c5)cc34)n2)cc1. The number of anilines is 3. The number of aromatic nitrogens is 3. The molecule has 0 unspecified atom stereocenters. The molecule has 0 saturated heterocycles. The third-order valence-corrected chi connectivity index (χ3v) is 10.6. The van der Waals surface area contributed by atoms with E-state index in [0.29, 0.717) is 17.5 Å². The molecule has 11 aromatic rings. The number of hydrogen-bond donors (Lipinski definition) is 0. The van der Waals surface area contributed by atoms with Crippen LogP contribution in [-0.4, -0.2) is 15.0 Å². The molecule has 0 fully saturated rings. The highest BCUT2D eigenvalue weighted by molar-refractivity contribution is 6.22. The molecular formula is C51H32N4O. The molecule has 11 rings (SSSR count). The molecule has 0 N–H and O–H groups in total.